The van der Waals surface area contributed by atoms with Crippen molar-refractivity contribution in [3.63, 3.8) is 0 Å². The lowest BCUT2D eigenvalue weighted by Crippen LogP contribution is -2.42. The van der Waals surface area contributed by atoms with E-state index in [-0.39, 0.29) is 5.84 Å². The quantitative estimate of drug-likeness (QED) is 0.366. The molecule has 0 bridgehead atoms. The van der Waals surface area contributed by atoms with Gasteiger partial charge in [-0.05, 0) is 26.0 Å². The van der Waals surface area contributed by atoms with Crippen molar-refractivity contribution in [1.82, 2.24) is 4.98 Å². The van der Waals surface area contributed by atoms with Gasteiger partial charge in [0.2, 0.25) is 0 Å². The molecule has 0 spiro atoms. The maximum absolute atomic E-state index is 8.86. The monoisotopic (exact) mass is 266 g/mol. The van der Waals surface area contributed by atoms with Gasteiger partial charge < -0.3 is 15.8 Å². The summed E-state index contributed by atoms with van der Waals surface area (Å²) in [5.41, 5.74) is 7.36. The number of hydrogen-bond acceptors (Lipinski definition) is 5. The molecular formula is C12H18N4OS. The van der Waals surface area contributed by atoms with Crippen LogP contribution in [0.15, 0.2) is 17.3 Å². The molecule has 0 aromatic carbocycles. The summed E-state index contributed by atoms with van der Waals surface area (Å²) in [7, 11) is 0. The largest absolute Gasteiger partial charge is 0.409 e. The third kappa shape index (κ3) is 2.53. The van der Waals surface area contributed by atoms with Crippen LogP contribution < -0.4 is 10.6 Å². The SMILES string of the molecule is Cc1ccc(C(N)=NO)c(N2CCSCC2C)n1. The zero-order chi connectivity index (χ0) is 13.1. The second-order valence-corrected chi connectivity index (χ2v) is 5.58. The molecule has 0 amide bonds. The Labute approximate surface area is 111 Å². The van der Waals surface area contributed by atoms with Crippen LogP contribution in [-0.4, -0.2) is 40.1 Å². The van der Waals surface area contributed by atoms with Crippen molar-refractivity contribution in [2.45, 2.75) is 19.9 Å². The Morgan fingerprint density at radius 1 is 1.61 bits per heavy atom. The molecule has 98 valence electrons. The minimum absolute atomic E-state index is 0.114. The van der Waals surface area contributed by atoms with E-state index in [1.165, 1.54) is 0 Å². The summed E-state index contributed by atoms with van der Waals surface area (Å²) < 4.78 is 0. The van der Waals surface area contributed by atoms with Crippen molar-refractivity contribution < 1.29 is 5.21 Å². The van der Waals surface area contributed by atoms with E-state index in [4.69, 9.17) is 10.9 Å². The Kier molecular flexibility index (Phi) is 3.96. The third-order valence-corrected chi connectivity index (χ3v) is 4.23. The van der Waals surface area contributed by atoms with E-state index in [0.29, 0.717) is 11.6 Å². The highest BCUT2D eigenvalue weighted by atomic mass is 32.2. The molecule has 0 saturated carbocycles. The Balaban J connectivity index is 2.44. The van der Waals surface area contributed by atoms with Crippen LogP contribution in [0.1, 0.15) is 18.2 Å². The summed E-state index contributed by atoms with van der Waals surface area (Å²) >= 11 is 1.95. The highest BCUT2D eigenvalue weighted by Gasteiger charge is 2.23. The van der Waals surface area contributed by atoms with E-state index in [0.717, 1.165) is 29.6 Å². The van der Waals surface area contributed by atoms with Gasteiger partial charge in [-0.1, -0.05) is 5.16 Å². The van der Waals surface area contributed by atoms with Crippen LogP contribution in [0.3, 0.4) is 0 Å². The third-order valence-electron chi connectivity index (χ3n) is 3.04. The van der Waals surface area contributed by atoms with Gasteiger partial charge in [-0.2, -0.15) is 11.8 Å². The second kappa shape index (κ2) is 5.48. The zero-order valence-corrected chi connectivity index (χ0v) is 11.4. The number of pyridine rings is 1. The summed E-state index contributed by atoms with van der Waals surface area (Å²) in [6.07, 6.45) is 0. The Bertz CT molecular complexity index is 463. The Morgan fingerprint density at radius 3 is 3.06 bits per heavy atom. The number of nitrogens with two attached hydrogens (primary N) is 1. The van der Waals surface area contributed by atoms with Gasteiger partial charge in [-0.25, -0.2) is 4.98 Å². The molecule has 1 fully saturated rings. The van der Waals surface area contributed by atoms with Crippen LogP contribution in [0, 0.1) is 6.92 Å². The van der Waals surface area contributed by atoms with Gasteiger partial charge in [-0.15, -0.1) is 0 Å². The van der Waals surface area contributed by atoms with Crippen molar-refractivity contribution in [3.8, 4) is 0 Å². The summed E-state index contributed by atoms with van der Waals surface area (Å²) in [6, 6.07) is 4.14. The first kappa shape index (κ1) is 13.0. The summed E-state index contributed by atoms with van der Waals surface area (Å²) in [5.74, 6) is 3.09. The number of amidine groups is 1. The molecule has 1 atom stereocenters. The van der Waals surface area contributed by atoms with Gasteiger partial charge >= 0.3 is 0 Å². The molecule has 1 saturated heterocycles. The van der Waals surface area contributed by atoms with Gasteiger partial charge in [0, 0.05) is 29.8 Å². The van der Waals surface area contributed by atoms with Gasteiger partial charge in [0.25, 0.3) is 0 Å². The molecule has 1 aliphatic rings. The van der Waals surface area contributed by atoms with E-state index in [1.807, 2.05) is 30.8 Å². The number of aryl methyl sites for hydroxylation is 1. The standard InChI is InChI=1S/C12H18N4OS/c1-8-3-4-10(11(13)15-17)12(14-8)16-5-6-18-7-9(16)2/h3-4,9,17H,5-7H2,1-2H3,(H2,13,15). The summed E-state index contributed by atoms with van der Waals surface area (Å²) in [4.78, 5) is 6.79. The Hall–Kier alpha value is -1.43. The molecule has 1 aromatic heterocycles. The first-order valence-corrected chi connectivity index (χ1v) is 7.09. The molecule has 5 nitrogen and oxygen atoms in total. The molecular weight excluding hydrogens is 248 g/mol. The predicted octanol–water partition coefficient (Wildman–Crippen LogP) is 1.43. The number of rotatable bonds is 2. The van der Waals surface area contributed by atoms with Crippen molar-refractivity contribution in [1.29, 1.82) is 0 Å². The van der Waals surface area contributed by atoms with Crippen molar-refractivity contribution >= 4 is 23.4 Å². The molecule has 6 heteroatoms. The molecule has 3 N–H and O–H groups in total. The van der Waals surface area contributed by atoms with Gasteiger partial charge in [0.15, 0.2) is 5.84 Å². The van der Waals surface area contributed by atoms with Crippen LogP contribution >= 0.6 is 11.8 Å². The molecule has 2 rings (SSSR count). The summed E-state index contributed by atoms with van der Waals surface area (Å²) in [5, 5.41) is 12.0. The fourth-order valence-electron chi connectivity index (χ4n) is 2.06. The maximum Gasteiger partial charge on any atom is 0.173 e. The van der Waals surface area contributed by atoms with E-state index < -0.39 is 0 Å². The van der Waals surface area contributed by atoms with Crippen LogP contribution in [0.2, 0.25) is 0 Å². The number of nitrogens with zero attached hydrogens (tertiary/aromatic N) is 3. The molecule has 1 aromatic rings. The number of thioether (sulfide) groups is 1. The van der Waals surface area contributed by atoms with Crippen molar-refractivity contribution in [2.75, 3.05) is 23.0 Å². The molecule has 1 unspecified atom stereocenters. The molecule has 1 aliphatic heterocycles. The second-order valence-electron chi connectivity index (χ2n) is 4.43. The Morgan fingerprint density at radius 2 is 2.39 bits per heavy atom. The average molecular weight is 266 g/mol. The fraction of sp³-hybridized carbons (Fsp3) is 0.500. The lowest BCUT2D eigenvalue weighted by atomic mass is 10.1. The van der Waals surface area contributed by atoms with E-state index in [1.54, 1.807) is 0 Å². The molecule has 2 heterocycles. The fourth-order valence-corrected chi connectivity index (χ4v) is 3.07. The van der Waals surface area contributed by atoms with E-state index in [9.17, 15) is 0 Å². The number of hydrogen-bond donors (Lipinski definition) is 2. The zero-order valence-electron chi connectivity index (χ0n) is 10.6. The first-order chi connectivity index (χ1) is 8.63. The maximum atomic E-state index is 8.86. The van der Waals surface area contributed by atoms with Crippen LogP contribution in [0.4, 0.5) is 5.82 Å². The average Bonchev–Trinajstić information content (AvgIpc) is 2.38. The van der Waals surface area contributed by atoms with Gasteiger partial charge in [-0.3, -0.25) is 0 Å². The topological polar surface area (TPSA) is 74.7 Å². The number of oxime groups is 1. The normalized spacial score (nSPS) is 21.1. The molecule has 18 heavy (non-hydrogen) atoms. The van der Waals surface area contributed by atoms with Crippen LogP contribution in [-0.2, 0) is 0 Å². The number of anilines is 1. The van der Waals surface area contributed by atoms with Crippen molar-refractivity contribution in [2.24, 2.45) is 10.9 Å². The first-order valence-electron chi connectivity index (χ1n) is 5.93. The highest BCUT2D eigenvalue weighted by molar-refractivity contribution is 7.99. The lowest BCUT2D eigenvalue weighted by Gasteiger charge is -2.35. The lowest BCUT2D eigenvalue weighted by molar-refractivity contribution is 0.318. The van der Waals surface area contributed by atoms with Crippen LogP contribution in [0.5, 0.6) is 0 Å². The van der Waals surface area contributed by atoms with Crippen molar-refractivity contribution in [3.05, 3.63) is 23.4 Å². The molecule has 0 radical (unpaired) electrons. The van der Waals surface area contributed by atoms with E-state index in [2.05, 4.69) is 22.0 Å². The highest BCUT2D eigenvalue weighted by Crippen LogP contribution is 2.25. The minimum Gasteiger partial charge on any atom is -0.409 e. The summed E-state index contributed by atoms with van der Waals surface area (Å²) in [6.45, 7) is 5.06. The molecule has 0 aliphatic carbocycles. The van der Waals surface area contributed by atoms with Crippen LogP contribution in [0.25, 0.3) is 0 Å². The van der Waals surface area contributed by atoms with E-state index >= 15 is 0 Å². The van der Waals surface area contributed by atoms with Gasteiger partial charge in [0.1, 0.15) is 5.82 Å². The minimum atomic E-state index is 0.114. The smallest absolute Gasteiger partial charge is 0.173 e. The number of aromatic nitrogens is 1. The predicted molar refractivity (Wildman–Crippen MR) is 75.6 cm³/mol. The van der Waals surface area contributed by atoms with Gasteiger partial charge in [0.05, 0.1) is 5.56 Å².